The molecule has 0 aromatic rings. The zero-order valence-corrected chi connectivity index (χ0v) is 12.1. The molecular formula is C12H26N2O3S. The number of aliphatic hydroxyl groups is 1. The Morgan fingerprint density at radius 2 is 1.89 bits per heavy atom. The summed E-state index contributed by atoms with van der Waals surface area (Å²) in [6.45, 7) is 3.90. The minimum absolute atomic E-state index is 0.121. The molecule has 1 unspecified atom stereocenters. The fourth-order valence-electron chi connectivity index (χ4n) is 2.36. The molecule has 1 heterocycles. The highest BCUT2D eigenvalue weighted by molar-refractivity contribution is 7.87. The van der Waals surface area contributed by atoms with Gasteiger partial charge in [0.25, 0.3) is 10.2 Å². The van der Waals surface area contributed by atoms with Gasteiger partial charge >= 0.3 is 0 Å². The van der Waals surface area contributed by atoms with Crippen molar-refractivity contribution >= 4 is 10.2 Å². The fraction of sp³-hybridized carbons (Fsp3) is 1.00. The van der Waals surface area contributed by atoms with Crippen LogP contribution in [0.4, 0.5) is 0 Å². The van der Waals surface area contributed by atoms with Crippen LogP contribution >= 0.6 is 0 Å². The van der Waals surface area contributed by atoms with Gasteiger partial charge in [0.1, 0.15) is 0 Å². The molecule has 18 heavy (non-hydrogen) atoms. The maximum atomic E-state index is 12.1. The van der Waals surface area contributed by atoms with Crippen LogP contribution in [0.5, 0.6) is 0 Å². The lowest BCUT2D eigenvalue weighted by Crippen LogP contribution is -2.44. The van der Waals surface area contributed by atoms with Gasteiger partial charge in [-0.2, -0.15) is 12.7 Å². The summed E-state index contributed by atoms with van der Waals surface area (Å²) in [7, 11) is -3.31. The second-order valence-corrected chi connectivity index (χ2v) is 6.74. The smallest absolute Gasteiger partial charge is 0.279 e. The third-order valence-corrected chi connectivity index (χ3v) is 5.02. The SMILES string of the molecule is CCCC(CCO)CNS(=O)(=O)N1CCCCC1. The summed E-state index contributed by atoms with van der Waals surface area (Å²) in [6.07, 6.45) is 5.65. The van der Waals surface area contributed by atoms with Crippen molar-refractivity contribution in [1.82, 2.24) is 9.03 Å². The first kappa shape index (κ1) is 15.9. The molecule has 0 radical (unpaired) electrons. The molecule has 0 aromatic carbocycles. The summed E-state index contributed by atoms with van der Waals surface area (Å²) >= 11 is 0. The van der Waals surface area contributed by atoms with Gasteiger partial charge < -0.3 is 5.11 Å². The fourth-order valence-corrected chi connectivity index (χ4v) is 3.73. The lowest BCUT2D eigenvalue weighted by Gasteiger charge is -2.27. The second kappa shape index (κ2) is 8.09. The molecule has 1 saturated heterocycles. The highest BCUT2D eigenvalue weighted by Gasteiger charge is 2.24. The molecular weight excluding hydrogens is 252 g/mol. The van der Waals surface area contributed by atoms with E-state index in [2.05, 4.69) is 11.6 Å². The number of nitrogens with zero attached hydrogens (tertiary/aromatic N) is 1. The lowest BCUT2D eigenvalue weighted by atomic mass is 10.0. The monoisotopic (exact) mass is 278 g/mol. The molecule has 0 amide bonds. The van der Waals surface area contributed by atoms with Gasteiger partial charge in [-0.1, -0.05) is 19.8 Å². The minimum atomic E-state index is -3.31. The number of hydrogen-bond acceptors (Lipinski definition) is 3. The molecule has 1 fully saturated rings. The maximum Gasteiger partial charge on any atom is 0.279 e. The molecule has 1 rings (SSSR count). The first-order chi connectivity index (χ1) is 8.60. The molecule has 0 bridgehead atoms. The van der Waals surface area contributed by atoms with E-state index in [0.29, 0.717) is 26.1 Å². The van der Waals surface area contributed by atoms with Gasteiger partial charge in [0.15, 0.2) is 0 Å². The van der Waals surface area contributed by atoms with Crippen molar-refractivity contribution in [2.45, 2.75) is 45.4 Å². The Kier molecular flexibility index (Phi) is 7.14. The third-order valence-electron chi connectivity index (χ3n) is 3.44. The number of nitrogens with one attached hydrogen (secondary N) is 1. The van der Waals surface area contributed by atoms with Crippen LogP contribution in [0.15, 0.2) is 0 Å². The van der Waals surface area contributed by atoms with Crippen LogP contribution in [0.2, 0.25) is 0 Å². The molecule has 6 heteroatoms. The van der Waals surface area contributed by atoms with E-state index < -0.39 is 10.2 Å². The van der Waals surface area contributed by atoms with Gasteiger partial charge in [-0.05, 0) is 31.6 Å². The lowest BCUT2D eigenvalue weighted by molar-refractivity contribution is 0.250. The van der Waals surface area contributed by atoms with Gasteiger partial charge in [0.2, 0.25) is 0 Å². The number of aliphatic hydroxyl groups excluding tert-OH is 1. The van der Waals surface area contributed by atoms with E-state index in [9.17, 15) is 8.42 Å². The van der Waals surface area contributed by atoms with Crippen molar-refractivity contribution < 1.29 is 13.5 Å². The molecule has 2 N–H and O–H groups in total. The molecule has 108 valence electrons. The van der Waals surface area contributed by atoms with Gasteiger partial charge in [-0.3, -0.25) is 0 Å². The average molecular weight is 278 g/mol. The van der Waals surface area contributed by atoms with Crippen molar-refractivity contribution in [3.63, 3.8) is 0 Å². The maximum absolute atomic E-state index is 12.1. The summed E-state index contributed by atoms with van der Waals surface area (Å²) in [5, 5.41) is 8.95. The standard InChI is InChI=1S/C12H26N2O3S/c1-2-6-12(7-10-15)11-13-18(16,17)14-8-4-3-5-9-14/h12-13,15H,2-11H2,1H3. The molecule has 0 aromatic heterocycles. The van der Waals surface area contributed by atoms with Crippen LogP contribution in [0, 0.1) is 5.92 Å². The summed E-state index contributed by atoms with van der Waals surface area (Å²) in [6, 6.07) is 0. The average Bonchev–Trinajstić information content (AvgIpc) is 2.38. The normalized spacial score (nSPS) is 19.9. The van der Waals surface area contributed by atoms with Crippen LogP contribution in [-0.2, 0) is 10.2 Å². The summed E-state index contributed by atoms with van der Waals surface area (Å²) in [5.74, 6) is 0.236. The number of hydrogen-bond donors (Lipinski definition) is 2. The van der Waals surface area contributed by atoms with Crippen LogP contribution in [0.25, 0.3) is 0 Å². The largest absolute Gasteiger partial charge is 0.396 e. The van der Waals surface area contributed by atoms with Gasteiger partial charge in [0.05, 0.1) is 0 Å². The van der Waals surface area contributed by atoms with Gasteiger partial charge in [0, 0.05) is 26.2 Å². The van der Waals surface area contributed by atoms with E-state index in [-0.39, 0.29) is 12.5 Å². The highest BCUT2D eigenvalue weighted by Crippen LogP contribution is 2.14. The Hall–Kier alpha value is -0.170. The predicted molar refractivity (Wildman–Crippen MR) is 72.4 cm³/mol. The third kappa shape index (κ3) is 5.22. The quantitative estimate of drug-likeness (QED) is 0.698. The van der Waals surface area contributed by atoms with E-state index in [4.69, 9.17) is 5.11 Å². The zero-order valence-electron chi connectivity index (χ0n) is 11.3. The Bertz CT molecular complexity index is 307. The Balaban J connectivity index is 2.43. The van der Waals surface area contributed by atoms with E-state index in [1.165, 1.54) is 0 Å². The first-order valence-corrected chi connectivity index (χ1v) is 8.39. The van der Waals surface area contributed by atoms with Crippen LogP contribution < -0.4 is 4.72 Å². The molecule has 1 aliphatic rings. The Morgan fingerprint density at radius 3 is 2.44 bits per heavy atom. The second-order valence-electron chi connectivity index (χ2n) is 4.98. The Labute approximate surface area is 111 Å². The summed E-state index contributed by atoms with van der Waals surface area (Å²) in [5.41, 5.74) is 0. The van der Waals surface area contributed by atoms with Gasteiger partial charge in [-0.15, -0.1) is 0 Å². The Morgan fingerprint density at radius 1 is 1.22 bits per heavy atom. The van der Waals surface area contributed by atoms with Crippen molar-refractivity contribution in [2.75, 3.05) is 26.2 Å². The zero-order chi connectivity index (χ0) is 13.4. The number of rotatable bonds is 8. The topological polar surface area (TPSA) is 69.6 Å². The number of piperidine rings is 1. The van der Waals surface area contributed by atoms with Crippen LogP contribution in [0.1, 0.15) is 45.4 Å². The molecule has 1 aliphatic heterocycles. The van der Waals surface area contributed by atoms with Crippen molar-refractivity contribution in [3.8, 4) is 0 Å². The molecule has 0 aliphatic carbocycles. The minimum Gasteiger partial charge on any atom is -0.396 e. The predicted octanol–water partition coefficient (Wildman–Crippen LogP) is 1.11. The summed E-state index contributed by atoms with van der Waals surface area (Å²) in [4.78, 5) is 0. The van der Waals surface area contributed by atoms with E-state index in [1.54, 1.807) is 4.31 Å². The van der Waals surface area contributed by atoms with E-state index in [0.717, 1.165) is 32.1 Å². The highest BCUT2D eigenvalue weighted by atomic mass is 32.2. The van der Waals surface area contributed by atoms with Crippen molar-refractivity contribution in [1.29, 1.82) is 0 Å². The molecule has 5 nitrogen and oxygen atoms in total. The van der Waals surface area contributed by atoms with Crippen molar-refractivity contribution in [3.05, 3.63) is 0 Å². The van der Waals surface area contributed by atoms with E-state index in [1.807, 2.05) is 0 Å². The van der Waals surface area contributed by atoms with Crippen LogP contribution in [-0.4, -0.2) is 44.1 Å². The van der Waals surface area contributed by atoms with E-state index >= 15 is 0 Å². The van der Waals surface area contributed by atoms with Gasteiger partial charge in [-0.25, -0.2) is 4.72 Å². The van der Waals surface area contributed by atoms with Crippen molar-refractivity contribution in [2.24, 2.45) is 5.92 Å². The molecule has 0 saturated carbocycles. The molecule has 1 atom stereocenters. The first-order valence-electron chi connectivity index (χ1n) is 6.95. The van der Waals surface area contributed by atoms with Crippen LogP contribution in [0.3, 0.4) is 0 Å². The summed E-state index contributed by atoms with van der Waals surface area (Å²) < 4.78 is 28.3. The molecule has 0 spiro atoms.